The van der Waals surface area contributed by atoms with Gasteiger partial charge >= 0.3 is 0 Å². The zero-order chi connectivity index (χ0) is 21.1. The summed E-state index contributed by atoms with van der Waals surface area (Å²) in [5.41, 5.74) is 1.70. The van der Waals surface area contributed by atoms with Gasteiger partial charge in [0.25, 0.3) is 0 Å². The minimum atomic E-state index is 0.794. The van der Waals surface area contributed by atoms with E-state index in [1.165, 1.54) is 77.0 Å². The maximum atomic E-state index is 5.85. The summed E-state index contributed by atoms with van der Waals surface area (Å²) in [6.45, 7) is 3.08. The normalized spacial score (nSPS) is 11.2. The highest BCUT2D eigenvalue weighted by molar-refractivity contribution is 5.42. The molecule has 0 bridgehead atoms. The molecule has 0 amide bonds. The summed E-state index contributed by atoms with van der Waals surface area (Å²) in [6.07, 6.45) is 17.8. The monoisotopic (exact) mass is 408 g/mol. The molecule has 0 radical (unpaired) electrons. The van der Waals surface area contributed by atoms with Crippen LogP contribution in [0.25, 0.3) is 0 Å². The molecule has 0 saturated heterocycles. The van der Waals surface area contributed by atoms with Gasteiger partial charge in [0.1, 0.15) is 5.75 Å². The van der Waals surface area contributed by atoms with E-state index >= 15 is 0 Å². The maximum Gasteiger partial charge on any atom is 0.119 e. The van der Waals surface area contributed by atoms with E-state index in [9.17, 15) is 0 Å². The Balaban J connectivity index is 1.43. The third kappa shape index (κ3) is 11.7. The maximum absolute atomic E-state index is 5.85. The van der Waals surface area contributed by atoms with Crippen molar-refractivity contribution < 1.29 is 4.74 Å². The Labute approximate surface area is 184 Å². The lowest BCUT2D eigenvalue weighted by Crippen LogP contribution is -1.96. The van der Waals surface area contributed by atoms with Gasteiger partial charge in [-0.1, -0.05) is 102 Å². The van der Waals surface area contributed by atoms with Gasteiger partial charge in [-0.2, -0.15) is 10.2 Å². The molecule has 30 heavy (non-hydrogen) atoms. The van der Waals surface area contributed by atoms with Gasteiger partial charge < -0.3 is 4.74 Å². The van der Waals surface area contributed by atoms with E-state index in [1.54, 1.807) is 0 Å². The van der Waals surface area contributed by atoms with Crippen molar-refractivity contribution in [1.82, 2.24) is 0 Å². The molecule has 0 heterocycles. The highest BCUT2D eigenvalue weighted by atomic mass is 16.5. The molecule has 0 unspecified atom stereocenters. The highest BCUT2D eigenvalue weighted by Gasteiger charge is 1.97. The molecule has 0 aliphatic heterocycles. The Morgan fingerprint density at radius 3 is 1.53 bits per heavy atom. The van der Waals surface area contributed by atoms with Crippen molar-refractivity contribution in [2.45, 2.75) is 90.4 Å². The molecular formula is C27H40N2O. The predicted octanol–water partition coefficient (Wildman–Crippen LogP) is 9.57. The molecular weight excluding hydrogens is 368 g/mol. The summed E-state index contributed by atoms with van der Waals surface area (Å²) in [5.74, 6) is 0.910. The number of ether oxygens (including phenoxy) is 1. The highest BCUT2D eigenvalue weighted by Crippen LogP contribution is 2.21. The standard InChI is InChI=1S/C27H40N2O/c1-2-3-4-5-6-7-8-9-10-11-12-13-17-24-30-27-22-20-26(21-23-27)29-28-25-18-15-14-16-19-25/h14-16,18-23H,2-13,17,24H2,1H3. The topological polar surface area (TPSA) is 34.0 Å². The minimum absolute atomic E-state index is 0.794. The van der Waals surface area contributed by atoms with Gasteiger partial charge in [-0.05, 0) is 42.8 Å². The van der Waals surface area contributed by atoms with Crippen molar-refractivity contribution in [2.75, 3.05) is 6.61 Å². The van der Waals surface area contributed by atoms with Crippen LogP contribution in [0.3, 0.4) is 0 Å². The Kier molecular flexibility index (Phi) is 13.4. The SMILES string of the molecule is CCCCCCCCCCCCCCCOc1ccc(N=Nc2ccccc2)cc1. The van der Waals surface area contributed by atoms with Crippen LogP contribution < -0.4 is 4.74 Å². The van der Waals surface area contributed by atoms with Crippen molar-refractivity contribution >= 4 is 11.4 Å². The fourth-order valence-corrected chi connectivity index (χ4v) is 3.53. The van der Waals surface area contributed by atoms with Gasteiger partial charge in [0.15, 0.2) is 0 Å². The molecule has 0 spiro atoms. The molecule has 0 N–H and O–H groups in total. The van der Waals surface area contributed by atoms with Gasteiger partial charge in [-0.15, -0.1) is 0 Å². The molecule has 0 aromatic heterocycles. The number of unbranched alkanes of at least 4 members (excludes halogenated alkanes) is 12. The third-order valence-corrected chi connectivity index (χ3v) is 5.39. The minimum Gasteiger partial charge on any atom is -0.494 e. The molecule has 0 saturated carbocycles. The van der Waals surface area contributed by atoms with E-state index in [0.29, 0.717) is 0 Å². The summed E-state index contributed by atoms with van der Waals surface area (Å²) < 4.78 is 5.85. The molecule has 2 rings (SSSR count). The first-order valence-electron chi connectivity index (χ1n) is 12.1. The van der Waals surface area contributed by atoms with Gasteiger partial charge in [0.2, 0.25) is 0 Å². The Morgan fingerprint density at radius 2 is 1.00 bits per heavy atom. The molecule has 0 aliphatic rings. The fraction of sp³-hybridized carbons (Fsp3) is 0.556. The van der Waals surface area contributed by atoms with Crippen LogP contribution in [0.1, 0.15) is 90.4 Å². The smallest absolute Gasteiger partial charge is 0.119 e. The van der Waals surface area contributed by atoms with Crippen molar-refractivity contribution in [3.8, 4) is 5.75 Å². The van der Waals surface area contributed by atoms with Crippen LogP contribution >= 0.6 is 0 Å². The van der Waals surface area contributed by atoms with Crippen molar-refractivity contribution in [3.63, 3.8) is 0 Å². The number of hydrogen-bond donors (Lipinski definition) is 0. The second kappa shape index (κ2) is 16.6. The van der Waals surface area contributed by atoms with Gasteiger partial charge in [0, 0.05) is 0 Å². The van der Waals surface area contributed by atoms with Crippen LogP contribution in [-0.4, -0.2) is 6.61 Å². The van der Waals surface area contributed by atoms with Gasteiger partial charge in [0.05, 0.1) is 18.0 Å². The molecule has 0 aliphatic carbocycles. The first-order valence-corrected chi connectivity index (χ1v) is 12.1. The Hall–Kier alpha value is -2.16. The van der Waals surface area contributed by atoms with Crippen molar-refractivity contribution in [3.05, 3.63) is 54.6 Å². The van der Waals surface area contributed by atoms with E-state index in [0.717, 1.165) is 30.2 Å². The molecule has 2 aromatic carbocycles. The van der Waals surface area contributed by atoms with Crippen LogP contribution in [0.4, 0.5) is 11.4 Å². The van der Waals surface area contributed by atoms with Crippen LogP contribution in [0.15, 0.2) is 64.8 Å². The van der Waals surface area contributed by atoms with Crippen LogP contribution in [0.5, 0.6) is 5.75 Å². The lowest BCUT2D eigenvalue weighted by molar-refractivity contribution is 0.304. The Bertz CT molecular complexity index is 667. The van der Waals surface area contributed by atoms with Crippen LogP contribution in [0, 0.1) is 0 Å². The number of azo groups is 1. The largest absolute Gasteiger partial charge is 0.494 e. The molecule has 3 nitrogen and oxygen atoms in total. The van der Waals surface area contributed by atoms with Gasteiger partial charge in [-0.3, -0.25) is 0 Å². The number of nitrogens with zero attached hydrogens (tertiary/aromatic N) is 2. The average molecular weight is 409 g/mol. The first-order chi connectivity index (χ1) is 14.9. The van der Waals surface area contributed by atoms with E-state index in [4.69, 9.17) is 4.74 Å². The number of benzene rings is 2. The van der Waals surface area contributed by atoms with Crippen LogP contribution in [-0.2, 0) is 0 Å². The van der Waals surface area contributed by atoms with E-state index in [1.807, 2.05) is 54.6 Å². The molecule has 0 atom stereocenters. The summed E-state index contributed by atoms with van der Waals surface area (Å²) >= 11 is 0. The second-order valence-electron chi connectivity index (χ2n) is 8.12. The zero-order valence-electron chi connectivity index (χ0n) is 18.9. The molecule has 0 fully saturated rings. The zero-order valence-corrected chi connectivity index (χ0v) is 18.9. The predicted molar refractivity (Wildman–Crippen MR) is 128 cm³/mol. The summed E-state index contributed by atoms with van der Waals surface area (Å²) in [6, 6.07) is 17.6. The number of hydrogen-bond acceptors (Lipinski definition) is 3. The van der Waals surface area contributed by atoms with E-state index in [-0.39, 0.29) is 0 Å². The quantitative estimate of drug-likeness (QED) is 0.189. The average Bonchev–Trinajstić information content (AvgIpc) is 2.79. The molecule has 164 valence electrons. The summed E-state index contributed by atoms with van der Waals surface area (Å²) in [4.78, 5) is 0. The van der Waals surface area contributed by atoms with E-state index < -0.39 is 0 Å². The Morgan fingerprint density at radius 1 is 0.533 bits per heavy atom. The second-order valence-corrected chi connectivity index (χ2v) is 8.12. The molecule has 2 aromatic rings. The van der Waals surface area contributed by atoms with Crippen LogP contribution in [0.2, 0.25) is 0 Å². The lowest BCUT2D eigenvalue weighted by Gasteiger charge is -2.06. The van der Waals surface area contributed by atoms with Crippen molar-refractivity contribution in [2.24, 2.45) is 10.2 Å². The molecule has 3 heteroatoms. The van der Waals surface area contributed by atoms with Gasteiger partial charge in [-0.25, -0.2) is 0 Å². The number of rotatable bonds is 17. The van der Waals surface area contributed by atoms with E-state index in [2.05, 4.69) is 17.2 Å². The van der Waals surface area contributed by atoms with Crippen molar-refractivity contribution in [1.29, 1.82) is 0 Å². The summed E-state index contributed by atoms with van der Waals surface area (Å²) in [7, 11) is 0. The summed E-state index contributed by atoms with van der Waals surface area (Å²) in [5, 5.41) is 8.49. The first kappa shape index (κ1) is 24.1. The lowest BCUT2D eigenvalue weighted by atomic mass is 10.0. The fourth-order valence-electron chi connectivity index (χ4n) is 3.53. The third-order valence-electron chi connectivity index (χ3n) is 5.39.